The molecule has 25 heavy (non-hydrogen) atoms. The molecule has 0 spiro atoms. The van der Waals surface area contributed by atoms with E-state index in [1.807, 2.05) is 18.2 Å². The Morgan fingerprint density at radius 3 is 2.32 bits per heavy atom. The zero-order valence-electron chi connectivity index (χ0n) is 14.1. The van der Waals surface area contributed by atoms with Gasteiger partial charge in [-0.2, -0.15) is 0 Å². The van der Waals surface area contributed by atoms with Gasteiger partial charge in [-0.15, -0.1) is 0 Å². The van der Waals surface area contributed by atoms with Crippen molar-refractivity contribution in [3.8, 4) is 22.4 Å². The molecule has 3 rings (SSSR count). The Balaban J connectivity index is 1.81. The number of aromatic amines is 1. The Bertz CT molecular complexity index is 839. The topological polar surface area (TPSA) is 78.0 Å². The lowest BCUT2D eigenvalue weighted by Crippen LogP contribution is -2.23. The Hall–Kier alpha value is -3.08. The van der Waals surface area contributed by atoms with Crippen LogP contribution in [0.4, 0.5) is 4.79 Å². The molecule has 0 aliphatic rings. The van der Waals surface area contributed by atoms with Crippen LogP contribution in [-0.4, -0.2) is 27.7 Å². The predicted octanol–water partition coefficient (Wildman–Crippen LogP) is 4.12. The third-order valence-electron chi connectivity index (χ3n) is 4.08. The Morgan fingerprint density at radius 1 is 1.04 bits per heavy atom. The fraction of sp³-hybridized carbons (Fsp3) is 0.200. The summed E-state index contributed by atoms with van der Waals surface area (Å²) in [5.74, 6) is 0.799. The molecular weight excluding hydrogens is 314 g/mol. The highest BCUT2D eigenvalue weighted by atomic mass is 16.4. The third-order valence-corrected chi connectivity index (χ3v) is 4.08. The lowest BCUT2D eigenvalue weighted by atomic mass is 10.0. The van der Waals surface area contributed by atoms with Crippen LogP contribution in [0.2, 0.25) is 0 Å². The Morgan fingerprint density at radius 2 is 1.68 bits per heavy atom. The highest BCUT2D eigenvalue weighted by Crippen LogP contribution is 2.26. The second kappa shape index (κ2) is 7.66. The third kappa shape index (κ3) is 4.07. The van der Waals surface area contributed by atoms with Crippen LogP contribution < -0.4 is 5.32 Å². The molecule has 1 heterocycles. The van der Waals surface area contributed by atoms with E-state index in [0.29, 0.717) is 13.0 Å². The Kier molecular flexibility index (Phi) is 5.14. The van der Waals surface area contributed by atoms with Crippen LogP contribution in [0.3, 0.4) is 0 Å². The number of carbonyl (C=O) groups is 1. The summed E-state index contributed by atoms with van der Waals surface area (Å²) in [5, 5.41) is 11.0. The highest BCUT2D eigenvalue weighted by Gasteiger charge is 2.11. The normalized spacial score (nSPS) is 10.6. The zero-order valence-corrected chi connectivity index (χ0v) is 14.1. The van der Waals surface area contributed by atoms with Crippen molar-refractivity contribution in [2.45, 2.75) is 19.8 Å². The van der Waals surface area contributed by atoms with Crippen LogP contribution >= 0.6 is 0 Å². The van der Waals surface area contributed by atoms with Crippen molar-refractivity contribution in [1.82, 2.24) is 15.3 Å². The largest absolute Gasteiger partial charge is 0.465 e. The fourth-order valence-corrected chi connectivity index (χ4v) is 2.82. The van der Waals surface area contributed by atoms with Crippen molar-refractivity contribution in [3.63, 3.8) is 0 Å². The number of carboxylic acid groups (broad SMARTS) is 1. The van der Waals surface area contributed by atoms with E-state index in [1.165, 1.54) is 11.1 Å². The summed E-state index contributed by atoms with van der Waals surface area (Å²) < 4.78 is 0. The van der Waals surface area contributed by atoms with Crippen molar-refractivity contribution < 1.29 is 9.90 Å². The average molecular weight is 335 g/mol. The zero-order chi connectivity index (χ0) is 17.6. The molecule has 3 N–H and O–H groups in total. The van der Waals surface area contributed by atoms with Crippen molar-refractivity contribution in [2.75, 3.05) is 6.54 Å². The summed E-state index contributed by atoms with van der Waals surface area (Å²) in [4.78, 5) is 18.5. The van der Waals surface area contributed by atoms with E-state index < -0.39 is 6.09 Å². The number of amides is 1. The SMILES string of the molecule is CCc1[nH]c(CCNC(=O)O)nc1-c1ccc(-c2ccccc2)cc1. The van der Waals surface area contributed by atoms with Crippen LogP contribution in [0.25, 0.3) is 22.4 Å². The summed E-state index contributed by atoms with van der Waals surface area (Å²) >= 11 is 0. The number of nitrogens with one attached hydrogen (secondary N) is 2. The van der Waals surface area contributed by atoms with E-state index in [-0.39, 0.29) is 0 Å². The number of benzene rings is 2. The molecule has 0 radical (unpaired) electrons. The van der Waals surface area contributed by atoms with Crippen molar-refractivity contribution in [1.29, 1.82) is 0 Å². The van der Waals surface area contributed by atoms with Crippen LogP contribution in [-0.2, 0) is 12.8 Å². The van der Waals surface area contributed by atoms with Crippen LogP contribution in [0.5, 0.6) is 0 Å². The fourth-order valence-electron chi connectivity index (χ4n) is 2.82. The lowest BCUT2D eigenvalue weighted by molar-refractivity contribution is 0.194. The number of H-pyrrole nitrogens is 1. The van der Waals surface area contributed by atoms with E-state index in [0.717, 1.165) is 29.2 Å². The van der Waals surface area contributed by atoms with Gasteiger partial charge in [-0.3, -0.25) is 0 Å². The van der Waals surface area contributed by atoms with E-state index >= 15 is 0 Å². The minimum Gasteiger partial charge on any atom is -0.465 e. The maximum absolute atomic E-state index is 10.5. The molecule has 0 aliphatic carbocycles. The van der Waals surface area contributed by atoms with Gasteiger partial charge in [0.05, 0.1) is 5.69 Å². The van der Waals surface area contributed by atoms with E-state index in [9.17, 15) is 4.79 Å². The first-order valence-corrected chi connectivity index (χ1v) is 8.37. The minimum absolute atomic E-state index is 0.346. The van der Waals surface area contributed by atoms with Crippen molar-refractivity contribution in [3.05, 3.63) is 66.1 Å². The van der Waals surface area contributed by atoms with Gasteiger partial charge in [0.2, 0.25) is 0 Å². The molecule has 2 aromatic carbocycles. The standard InChI is InChI=1S/C20H21N3O2/c1-2-17-19(23-18(22-17)12-13-21-20(24)25)16-10-8-15(9-11-16)14-6-4-3-5-7-14/h3-11,21H,2,12-13H2,1H3,(H,22,23)(H,24,25). The van der Waals surface area contributed by atoms with Gasteiger partial charge < -0.3 is 15.4 Å². The van der Waals surface area contributed by atoms with Crippen LogP contribution in [0, 0.1) is 0 Å². The monoisotopic (exact) mass is 335 g/mol. The maximum Gasteiger partial charge on any atom is 0.404 e. The predicted molar refractivity (Wildman–Crippen MR) is 98.6 cm³/mol. The number of aromatic nitrogens is 2. The molecule has 0 bridgehead atoms. The van der Waals surface area contributed by atoms with Gasteiger partial charge in [-0.25, -0.2) is 9.78 Å². The summed E-state index contributed by atoms with van der Waals surface area (Å²) in [6, 6.07) is 18.6. The molecule has 0 saturated heterocycles. The number of aryl methyl sites for hydroxylation is 1. The quantitative estimate of drug-likeness (QED) is 0.634. The number of hydrogen-bond donors (Lipinski definition) is 3. The molecule has 0 unspecified atom stereocenters. The summed E-state index contributed by atoms with van der Waals surface area (Å²) in [6.07, 6.45) is 0.371. The van der Waals surface area contributed by atoms with Crippen LogP contribution in [0.1, 0.15) is 18.4 Å². The molecule has 1 aromatic heterocycles. The summed E-state index contributed by atoms with van der Waals surface area (Å²) in [7, 11) is 0. The Labute approximate surface area is 146 Å². The second-order valence-electron chi connectivity index (χ2n) is 5.79. The maximum atomic E-state index is 10.5. The number of rotatable bonds is 6. The van der Waals surface area contributed by atoms with Gasteiger partial charge in [0.15, 0.2) is 0 Å². The number of hydrogen-bond acceptors (Lipinski definition) is 2. The molecular formula is C20H21N3O2. The van der Waals surface area contributed by atoms with Gasteiger partial charge in [0, 0.05) is 24.2 Å². The molecule has 0 fully saturated rings. The first kappa shape index (κ1) is 16.8. The molecule has 1 amide bonds. The number of imidazole rings is 1. The smallest absolute Gasteiger partial charge is 0.404 e. The van der Waals surface area contributed by atoms with E-state index in [1.54, 1.807) is 0 Å². The van der Waals surface area contributed by atoms with Gasteiger partial charge in [0.25, 0.3) is 0 Å². The molecule has 5 heteroatoms. The number of nitrogens with zero attached hydrogens (tertiary/aromatic N) is 1. The van der Waals surface area contributed by atoms with Gasteiger partial charge in [-0.1, -0.05) is 61.5 Å². The molecule has 5 nitrogen and oxygen atoms in total. The average Bonchev–Trinajstić information content (AvgIpc) is 3.05. The van der Waals surface area contributed by atoms with Crippen molar-refractivity contribution in [2.24, 2.45) is 0 Å². The highest BCUT2D eigenvalue weighted by molar-refractivity contribution is 5.70. The van der Waals surface area contributed by atoms with Crippen LogP contribution in [0.15, 0.2) is 54.6 Å². The first-order valence-electron chi connectivity index (χ1n) is 8.37. The molecule has 0 aliphatic heterocycles. The molecule has 0 atom stereocenters. The lowest BCUT2D eigenvalue weighted by Gasteiger charge is -2.04. The van der Waals surface area contributed by atoms with E-state index in [4.69, 9.17) is 5.11 Å². The summed E-state index contributed by atoms with van der Waals surface area (Å²) in [6.45, 7) is 2.42. The first-order chi connectivity index (χ1) is 12.2. The molecule has 128 valence electrons. The van der Waals surface area contributed by atoms with Gasteiger partial charge in [-0.05, 0) is 17.5 Å². The van der Waals surface area contributed by atoms with Crippen molar-refractivity contribution >= 4 is 6.09 Å². The van der Waals surface area contributed by atoms with Gasteiger partial charge >= 0.3 is 6.09 Å². The minimum atomic E-state index is -1.01. The molecule has 0 saturated carbocycles. The van der Waals surface area contributed by atoms with Gasteiger partial charge in [0.1, 0.15) is 5.82 Å². The second-order valence-corrected chi connectivity index (χ2v) is 5.79. The summed E-state index contributed by atoms with van der Waals surface area (Å²) in [5.41, 5.74) is 5.42. The molecule has 3 aromatic rings. The van der Waals surface area contributed by atoms with E-state index in [2.05, 4.69) is 58.6 Å².